The van der Waals surface area contributed by atoms with Crippen molar-refractivity contribution in [3.05, 3.63) is 82.6 Å². The average Bonchev–Trinajstić information content (AvgIpc) is 3.58. The Hall–Kier alpha value is -2.76. The summed E-state index contributed by atoms with van der Waals surface area (Å²) < 4.78 is 83.9. The third-order valence-corrected chi connectivity index (χ3v) is 9.59. The molecule has 3 unspecified atom stereocenters. The second-order valence-electron chi connectivity index (χ2n) is 10.5. The third-order valence-electron chi connectivity index (χ3n) is 8.25. The maximum absolute atomic E-state index is 15.1. The number of halogens is 4. The van der Waals surface area contributed by atoms with Gasteiger partial charge in [-0.25, -0.2) is 22.5 Å². The summed E-state index contributed by atoms with van der Waals surface area (Å²) in [6.45, 7) is -0.00790. The first-order valence-corrected chi connectivity index (χ1v) is 13.6. The minimum absolute atomic E-state index is 0.00790. The number of alkyl halides is 3. The van der Waals surface area contributed by atoms with E-state index in [-0.39, 0.29) is 29.3 Å². The maximum atomic E-state index is 15.1. The van der Waals surface area contributed by atoms with Crippen molar-refractivity contribution in [2.24, 2.45) is 12.5 Å². The molecule has 6 rings (SSSR count). The van der Waals surface area contributed by atoms with Crippen molar-refractivity contribution >= 4 is 10.0 Å². The molecular weight excluding hydrogens is 508 g/mol. The monoisotopic (exact) mass is 534 g/mol. The minimum Gasteiger partial charge on any atom is -0.339 e. The van der Waals surface area contributed by atoms with Gasteiger partial charge in [-0.3, -0.25) is 4.90 Å². The molecule has 1 aromatic heterocycles. The highest BCUT2D eigenvalue weighted by Crippen LogP contribution is 2.76. The van der Waals surface area contributed by atoms with E-state index in [1.165, 1.54) is 35.3 Å². The highest BCUT2D eigenvalue weighted by atomic mass is 32.2. The molecule has 11 heteroatoms. The van der Waals surface area contributed by atoms with Gasteiger partial charge in [0.25, 0.3) is 10.0 Å². The number of fused-ring (bicyclic) bond motifs is 4. The number of hydrogen-bond acceptors (Lipinski definition) is 4. The molecule has 2 fully saturated rings. The second kappa shape index (κ2) is 8.12. The molecule has 2 aromatic carbocycles. The smallest absolute Gasteiger partial charge is 0.339 e. The molecular formula is C26H26F4N4O2S. The van der Waals surface area contributed by atoms with Crippen LogP contribution in [0.3, 0.4) is 0 Å². The van der Waals surface area contributed by atoms with Gasteiger partial charge < -0.3 is 4.57 Å². The van der Waals surface area contributed by atoms with Crippen LogP contribution in [0.4, 0.5) is 17.6 Å². The van der Waals surface area contributed by atoms with Gasteiger partial charge in [-0.2, -0.15) is 13.2 Å². The van der Waals surface area contributed by atoms with Crippen LogP contribution in [-0.4, -0.2) is 48.5 Å². The molecule has 0 radical (unpaired) electrons. The summed E-state index contributed by atoms with van der Waals surface area (Å²) in [5.41, 5.74) is 2.10. The van der Waals surface area contributed by atoms with Crippen LogP contribution in [0.15, 0.2) is 53.9 Å². The number of likely N-dealkylation sites (N-methyl/N-ethyl adjacent to an activating group) is 1. The van der Waals surface area contributed by atoms with Crippen molar-refractivity contribution in [2.45, 2.75) is 48.5 Å². The predicted molar refractivity (Wildman–Crippen MR) is 128 cm³/mol. The van der Waals surface area contributed by atoms with Crippen LogP contribution in [0.1, 0.15) is 33.7 Å². The largest absolute Gasteiger partial charge is 0.416 e. The zero-order chi connectivity index (χ0) is 26.3. The van der Waals surface area contributed by atoms with Gasteiger partial charge in [-0.15, -0.1) is 0 Å². The van der Waals surface area contributed by atoms with Gasteiger partial charge in [-0.1, -0.05) is 24.3 Å². The summed E-state index contributed by atoms with van der Waals surface area (Å²) in [6, 6.07) is 9.50. The Balaban J connectivity index is 1.25. The molecule has 2 heterocycles. The van der Waals surface area contributed by atoms with E-state index >= 15 is 4.39 Å². The molecule has 0 amide bonds. The Kier molecular flexibility index (Phi) is 5.39. The molecule has 196 valence electrons. The molecule has 3 aliphatic rings. The standard InChI is InChI=1S/C26H26F4N4O2S/c1-33-13-22(31-14-33)37(35,36)32-7-6-16-10-19-17(11-21(16)27)12-25(23-24(25)34(23)2)20(19)9-15-4-3-5-18(8-15)26(28,29)30/h3-5,8,10-11,13-14,20,23-24,32H,6-7,9,12H2,1-2H3. The van der Waals surface area contributed by atoms with E-state index in [9.17, 15) is 21.6 Å². The highest BCUT2D eigenvalue weighted by molar-refractivity contribution is 7.89. The van der Waals surface area contributed by atoms with E-state index in [0.29, 0.717) is 36.1 Å². The van der Waals surface area contributed by atoms with Gasteiger partial charge in [0, 0.05) is 37.3 Å². The van der Waals surface area contributed by atoms with E-state index in [1.54, 1.807) is 19.2 Å². The lowest BCUT2D eigenvalue weighted by atomic mass is 9.80. The third kappa shape index (κ3) is 3.98. The molecule has 1 spiro atoms. The van der Waals surface area contributed by atoms with Crippen molar-refractivity contribution in [3.63, 3.8) is 0 Å². The topological polar surface area (TPSA) is 67.0 Å². The number of hydrogen-bond donors (Lipinski definition) is 1. The second-order valence-corrected chi connectivity index (χ2v) is 12.2. The fourth-order valence-corrected chi connectivity index (χ4v) is 7.49. The van der Waals surface area contributed by atoms with Crippen molar-refractivity contribution in [1.82, 2.24) is 19.2 Å². The van der Waals surface area contributed by atoms with Crippen LogP contribution >= 0.6 is 0 Å². The fraction of sp³-hybridized carbons (Fsp3) is 0.423. The average molecular weight is 535 g/mol. The molecule has 3 aromatic rings. The summed E-state index contributed by atoms with van der Waals surface area (Å²) >= 11 is 0. The lowest BCUT2D eigenvalue weighted by molar-refractivity contribution is -0.137. The Morgan fingerprint density at radius 2 is 1.92 bits per heavy atom. The molecule has 37 heavy (non-hydrogen) atoms. The van der Waals surface area contributed by atoms with E-state index in [0.717, 1.165) is 17.2 Å². The summed E-state index contributed by atoms with van der Waals surface area (Å²) in [6.07, 6.45) is -0.364. The van der Waals surface area contributed by atoms with E-state index in [4.69, 9.17) is 0 Å². The summed E-state index contributed by atoms with van der Waals surface area (Å²) in [7, 11) is -0.124. The molecule has 1 saturated heterocycles. The number of benzene rings is 2. The number of nitrogens with one attached hydrogen (secondary N) is 1. The molecule has 3 atom stereocenters. The number of aromatic nitrogens is 2. The van der Waals surface area contributed by atoms with Gasteiger partial charge in [0.2, 0.25) is 0 Å². The number of likely N-dealkylation sites (tertiary alicyclic amines) is 1. The van der Waals surface area contributed by atoms with Crippen LogP contribution < -0.4 is 4.72 Å². The summed E-state index contributed by atoms with van der Waals surface area (Å²) in [5, 5.41) is -0.107. The minimum atomic E-state index is -4.41. The first kappa shape index (κ1) is 24.6. The van der Waals surface area contributed by atoms with E-state index in [1.807, 2.05) is 7.05 Å². The van der Waals surface area contributed by atoms with Crippen molar-refractivity contribution < 1.29 is 26.0 Å². The van der Waals surface area contributed by atoms with Gasteiger partial charge in [0.15, 0.2) is 5.03 Å². The lowest BCUT2D eigenvalue weighted by Gasteiger charge is -2.29. The zero-order valence-electron chi connectivity index (χ0n) is 20.3. The fourth-order valence-electron chi connectivity index (χ4n) is 6.48. The van der Waals surface area contributed by atoms with Crippen LogP contribution in [0, 0.1) is 11.2 Å². The van der Waals surface area contributed by atoms with Gasteiger partial charge in [-0.05, 0) is 66.6 Å². The first-order chi connectivity index (χ1) is 17.4. The SMILES string of the molecule is CN1C2C1C21Cc2cc(F)c(CCNS(=O)(=O)c3cn(C)cn3)cc2C1Cc1cccc(C(F)(F)F)c1. The molecule has 1 saturated carbocycles. The van der Waals surface area contributed by atoms with Gasteiger partial charge in [0.05, 0.1) is 11.9 Å². The maximum Gasteiger partial charge on any atom is 0.416 e. The quantitative estimate of drug-likeness (QED) is 0.371. The lowest BCUT2D eigenvalue weighted by Crippen LogP contribution is -2.31. The molecule has 1 aliphatic heterocycles. The van der Waals surface area contributed by atoms with Crippen molar-refractivity contribution in [2.75, 3.05) is 13.6 Å². The summed E-state index contributed by atoms with van der Waals surface area (Å²) in [5.74, 6) is -0.421. The number of aryl methyl sites for hydroxylation is 1. The number of sulfonamides is 1. The van der Waals surface area contributed by atoms with Crippen molar-refractivity contribution in [3.8, 4) is 0 Å². The zero-order valence-corrected chi connectivity index (χ0v) is 21.1. The Bertz CT molecular complexity index is 1490. The van der Waals surface area contributed by atoms with Crippen LogP contribution in [-0.2, 0) is 42.5 Å². The number of imidazole rings is 1. The van der Waals surface area contributed by atoms with Crippen LogP contribution in [0.2, 0.25) is 0 Å². The van der Waals surface area contributed by atoms with Gasteiger partial charge >= 0.3 is 6.18 Å². The first-order valence-electron chi connectivity index (χ1n) is 12.1. The predicted octanol–water partition coefficient (Wildman–Crippen LogP) is 3.66. The van der Waals surface area contributed by atoms with Gasteiger partial charge in [0.1, 0.15) is 5.82 Å². The molecule has 2 aliphatic carbocycles. The molecule has 1 N–H and O–H groups in total. The highest BCUT2D eigenvalue weighted by Gasteiger charge is 2.84. The van der Waals surface area contributed by atoms with Crippen LogP contribution in [0.5, 0.6) is 0 Å². The Morgan fingerprint density at radius 1 is 1.16 bits per heavy atom. The summed E-state index contributed by atoms with van der Waals surface area (Å²) in [4.78, 5) is 6.10. The number of nitrogens with zero attached hydrogens (tertiary/aromatic N) is 3. The Labute approximate surface area is 212 Å². The molecule has 6 nitrogen and oxygen atoms in total. The van der Waals surface area contributed by atoms with E-state index in [2.05, 4.69) is 14.6 Å². The van der Waals surface area contributed by atoms with Crippen molar-refractivity contribution in [1.29, 1.82) is 0 Å². The van der Waals surface area contributed by atoms with Crippen LogP contribution in [0.25, 0.3) is 0 Å². The number of rotatable bonds is 7. The normalized spacial score (nSPS) is 27.8. The molecule has 0 bridgehead atoms. The van der Waals surface area contributed by atoms with E-state index < -0.39 is 27.6 Å². The Morgan fingerprint density at radius 3 is 2.57 bits per heavy atom.